The molecule has 8 heteroatoms. The Bertz CT molecular complexity index is 1220. The van der Waals surface area contributed by atoms with Crippen LogP contribution in [0.1, 0.15) is 16.7 Å². The fourth-order valence-electron chi connectivity index (χ4n) is 3.66. The fourth-order valence-corrected chi connectivity index (χ4v) is 5.43. The Morgan fingerprint density at radius 2 is 1.65 bits per heavy atom. The summed E-state index contributed by atoms with van der Waals surface area (Å²) < 4.78 is 41.2. The first kappa shape index (κ1) is 21.5. The predicted octanol–water partition coefficient (Wildman–Crippen LogP) is 3.91. The van der Waals surface area contributed by atoms with Gasteiger partial charge in [0.25, 0.3) is 0 Å². The van der Waals surface area contributed by atoms with Crippen LogP contribution in [0.15, 0.2) is 77.7 Å². The van der Waals surface area contributed by atoms with Gasteiger partial charge in [0.1, 0.15) is 11.9 Å². The average molecular weight is 459 g/mol. The summed E-state index contributed by atoms with van der Waals surface area (Å²) in [6, 6.07) is 18.2. The van der Waals surface area contributed by atoms with Crippen molar-refractivity contribution in [3.05, 3.63) is 100 Å². The number of hydrogen-bond acceptors (Lipinski definition) is 3. The summed E-state index contributed by atoms with van der Waals surface area (Å²) in [7, 11) is -4.03. The van der Waals surface area contributed by atoms with Crippen LogP contribution in [-0.4, -0.2) is 24.7 Å². The molecule has 3 aromatic carbocycles. The monoisotopic (exact) mass is 458 g/mol. The second-order valence-electron chi connectivity index (χ2n) is 7.30. The van der Waals surface area contributed by atoms with E-state index in [9.17, 15) is 17.6 Å². The zero-order valence-electron chi connectivity index (χ0n) is 16.5. The normalized spacial score (nSPS) is 16.5. The van der Waals surface area contributed by atoms with Gasteiger partial charge in [-0.2, -0.15) is 4.31 Å². The molecular weight excluding hydrogens is 439 g/mol. The number of benzene rings is 3. The smallest absolute Gasteiger partial charge is 0.244 e. The molecule has 0 radical (unpaired) electrons. The largest absolute Gasteiger partial charge is 0.351 e. The maximum Gasteiger partial charge on any atom is 0.244 e. The molecule has 0 spiro atoms. The Labute approximate surface area is 185 Å². The first-order chi connectivity index (χ1) is 14.9. The maximum absolute atomic E-state index is 13.4. The molecule has 1 heterocycles. The molecule has 1 amide bonds. The molecule has 0 unspecified atom stereocenters. The van der Waals surface area contributed by atoms with Crippen LogP contribution < -0.4 is 5.32 Å². The SMILES string of the molecule is O=C(NCc1ccccc1Cl)[C@H]1Cc2ccccc2CN1S(=O)(=O)c1ccc(F)cc1. The molecule has 4 rings (SSSR count). The van der Waals surface area contributed by atoms with Gasteiger partial charge in [-0.1, -0.05) is 54.1 Å². The third kappa shape index (κ3) is 4.49. The van der Waals surface area contributed by atoms with Gasteiger partial charge < -0.3 is 5.32 Å². The molecule has 0 saturated heterocycles. The zero-order valence-corrected chi connectivity index (χ0v) is 18.0. The van der Waals surface area contributed by atoms with Crippen molar-refractivity contribution >= 4 is 27.5 Å². The lowest BCUT2D eigenvalue weighted by molar-refractivity contribution is -0.125. The van der Waals surface area contributed by atoms with Crippen LogP contribution in [-0.2, 0) is 34.3 Å². The summed E-state index contributed by atoms with van der Waals surface area (Å²) >= 11 is 6.17. The predicted molar refractivity (Wildman–Crippen MR) is 116 cm³/mol. The molecular formula is C23H20ClFN2O3S. The highest BCUT2D eigenvalue weighted by Gasteiger charge is 2.39. The van der Waals surface area contributed by atoms with Gasteiger partial charge in [0, 0.05) is 18.1 Å². The Morgan fingerprint density at radius 3 is 2.35 bits per heavy atom. The van der Waals surface area contributed by atoms with Crippen molar-refractivity contribution < 1.29 is 17.6 Å². The minimum atomic E-state index is -4.03. The van der Waals surface area contributed by atoms with E-state index in [-0.39, 0.29) is 24.4 Å². The first-order valence-electron chi connectivity index (χ1n) is 9.71. The van der Waals surface area contributed by atoms with Crippen LogP contribution in [0, 0.1) is 5.82 Å². The Balaban J connectivity index is 1.65. The zero-order chi connectivity index (χ0) is 22.0. The molecule has 5 nitrogen and oxygen atoms in total. The lowest BCUT2D eigenvalue weighted by Gasteiger charge is -2.35. The molecule has 1 N–H and O–H groups in total. The van der Waals surface area contributed by atoms with E-state index in [0.29, 0.717) is 5.02 Å². The van der Waals surface area contributed by atoms with Gasteiger partial charge in [0.05, 0.1) is 4.90 Å². The van der Waals surface area contributed by atoms with Crippen molar-refractivity contribution in [3.8, 4) is 0 Å². The van der Waals surface area contributed by atoms with Gasteiger partial charge in [0.2, 0.25) is 15.9 Å². The molecule has 0 fully saturated rings. The molecule has 3 aromatic rings. The number of amides is 1. The van der Waals surface area contributed by atoms with Crippen LogP contribution in [0.2, 0.25) is 5.02 Å². The Kier molecular flexibility index (Phi) is 6.09. The van der Waals surface area contributed by atoms with E-state index in [1.807, 2.05) is 30.3 Å². The van der Waals surface area contributed by atoms with E-state index in [1.54, 1.807) is 18.2 Å². The second kappa shape index (κ2) is 8.78. The molecule has 0 aliphatic carbocycles. The number of carbonyl (C=O) groups is 1. The van der Waals surface area contributed by atoms with Crippen LogP contribution in [0.4, 0.5) is 4.39 Å². The second-order valence-corrected chi connectivity index (χ2v) is 9.60. The molecule has 1 atom stereocenters. The van der Waals surface area contributed by atoms with Gasteiger partial charge >= 0.3 is 0 Å². The van der Waals surface area contributed by atoms with Crippen molar-refractivity contribution in [2.24, 2.45) is 0 Å². The summed E-state index contributed by atoms with van der Waals surface area (Å²) in [6.07, 6.45) is 0.241. The van der Waals surface area contributed by atoms with E-state index in [0.717, 1.165) is 28.8 Å². The van der Waals surface area contributed by atoms with Gasteiger partial charge in [0.15, 0.2) is 0 Å². The van der Waals surface area contributed by atoms with Crippen molar-refractivity contribution in [3.63, 3.8) is 0 Å². The number of carbonyl (C=O) groups excluding carboxylic acids is 1. The number of nitrogens with zero attached hydrogens (tertiary/aromatic N) is 1. The van der Waals surface area contributed by atoms with E-state index in [1.165, 1.54) is 16.4 Å². The number of nitrogens with one attached hydrogen (secondary N) is 1. The quantitative estimate of drug-likeness (QED) is 0.630. The highest BCUT2D eigenvalue weighted by atomic mass is 35.5. The third-order valence-corrected chi connectivity index (χ3v) is 7.58. The summed E-state index contributed by atoms with van der Waals surface area (Å²) in [5.41, 5.74) is 2.50. The summed E-state index contributed by atoms with van der Waals surface area (Å²) in [6.45, 7) is 0.237. The van der Waals surface area contributed by atoms with Gasteiger partial charge in [-0.25, -0.2) is 12.8 Å². The van der Waals surface area contributed by atoms with E-state index >= 15 is 0 Å². The lowest BCUT2D eigenvalue weighted by atomic mass is 9.95. The molecule has 160 valence electrons. The van der Waals surface area contributed by atoms with E-state index in [2.05, 4.69) is 5.32 Å². The van der Waals surface area contributed by atoms with Crippen molar-refractivity contribution in [2.75, 3.05) is 0 Å². The van der Waals surface area contributed by atoms with Gasteiger partial charge in [-0.15, -0.1) is 0 Å². The molecule has 0 aromatic heterocycles. The highest BCUT2D eigenvalue weighted by Crippen LogP contribution is 2.29. The Hall–Kier alpha value is -2.74. The summed E-state index contributed by atoms with van der Waals surface area (Å²) in [5.74, 6) is -0.947. The number of halogens is 2. The van der Waals surface area contributed by atoms with Crippen LogP contribution in [0.25, 0.3) is 0 Å². The van der Waals surface area contributed by atoms with E-state index in [4.69, 9.17) is 11.6 Å². The number of fused-ring (bicyclic) bond motifs is 1. The maximum atomic E-state index is 13.4. The number of hydrogen-bond donors (Lipinski definition) is 1. The number of rotatable bonds is 5. The molecule has 0 saturated carbocycles. The number of sulfonamides is 1. The average Bonchev–Trinajstić information content (AvgIpc) is 2.77. The van der Waals surface area contributed by atoms with Crippen LogP contribution in [0.5, 0.6) is 0 Å². The molecule has 0 bridgehead atoms. The minimum absolute atomic E-state index is 0.0556. The van der Waals surface area contributed by atoms with E-state index < -0.39 is 27.8 Å². The highest BCUT2D eigenvalue weighted by molar-refractivity contribution is 7.89. The third-order valence-electron chi connectivity index (χ3n) is 5.34. The molecule has 1 aliphatic rings. The topological polar surface area (TPSA) is 66.5 Å². The standard InChI is InChI=1S/C23H20ClFN2O3S/c24-21-8-4-3-6-17(21)14-26-23(28)22-13-16-5-1-2-7-18(16)15-27(22)31(29,30)20-11-9-19(25)10-12-20/h1-12,22H,13-15H2,(H,26,28)/t22-/m1/s1. The van der Waals surface area contributed by atoms with Crippen LogP contribution in [0.3, 0.4) is 0 Å². The summed E-state index contributed by atoms with van der Waals surface area (Å²) in [4.78, 5) is 13.1. The van der Waals surface area contributed by atoms with Gasteiger partial charge in [-0.05, 0) is 53.4 Å². The Morgan fingerprint density at radius 1 is 1.00 bits per heavy atom. The molecule has 31 heavy (non-hydrogen) atoms. The first-order valence-corrected chi connectivity index (χ1v) is 11.5. The minimum Gasteiger partial charge on any atom is -0.351 e. The van der Waals surface area contributed by atoms with Gasteiger partial charge in [-0.3, -0.25) is 4.79 Å². The van der Waals surface area contributed by atoms with Crippen molar-refractivity contribution in [1.82, 2.24) is 9.62 Å². The summed E-state index contributed by atoms with van der Waals surface area (Å²) in [5, 5.41) is 3.33. The van der Waals surface area contributed by atoms with Crippen LogP contribution >= 0.6 is 11.6 Å². The van der Waals surface area contributed by atoms with Crippen molar-refractivity contribution in [2.45, 2.75) is 30.4 Å². The van der Waals surface area contributed by atoms with Crippen molar-refractivity contribution in [1.29, 1.82) is 0 Å². The molecule has 1 aliphatic heterocycles. The lowest BCUT2D eigenvalue weighted by Crippen LogP contribution is -2.52. The fraction of sp³-hybridized carbons (Fsp3) is 0.174.